The Hall–Kier alpha value is 0.940. The number of carbonyl (C=O) groups is 1. The second-order valence-corrected chi connectivity index (χ2v) is 2.25. The Morgan fingerprint density at radius 2 is 1.79 bits per heavy atom. The number of carbonyl (C=O) groups excluding carboxylic acids is 3. The van der Waals surface area contributed by atoms with Crippen LogP contribution in [0.1, 0.15) is 13.3 Å². The van der Waals surface area contributed by atoms with Crippen LogP contribution in [0, 0.1) is 6.08 Å². The first-order chi connectivity index (χ1) is 5.63. The van der Waals surface area contributed by atoms with Crippen molar-refractivity contribution in [2.24, 2.45) is 0 Å². The van der Waals surface area contributed by atoms with E-state index in [4.69, 9.17) is 9.59 Å². The predicted octanol–water partition coefficient (Wildman–Crippen LogP) is -6.38. The Kier molecular flexibility index (Phi) is 33.8. The van der Waals surface area contributed by atoms with E-state index >= 15 is 0 Å². The summed E-state index contributed by atoms with van der Waals surface area (Å²) < 4.78 is 0. The van der Waals surface area contributed by atoms with Gasteiger partial charge in [0.05, 0.1) is 0 Å². The summed E-state index contributed by atoms with van der Waals surface area (Å²) in [5.41, 5.74) is 0. The Morgan fingerprint density at radius 3 is 1.86 bits per heavy atom. The predicted molar refractivity (Wildman–Crippen MR) is 40.6 cm³/mol. The van der Waals surface area contributed by atoms with Gasteiger partial charge in [0.1, 0.15) is 0 Å². The second-order valence-electron chi connectivity index (χ2n) is 1.43. The van der Waals surface area contributed by atoms with Gasteiger partial charge in [-0.05, 0) is 6.26 Å². The molecule has 0 radical (unpaired) electrons. The second kappa shape index (κ2) is 19.5. The molecule has 0 spiro atoms. The molecular formula is C7H8Na2O4S. The quantitative estimate of drug-likeness (QED) is 0.276. The number of aliphatic carboxylic acids is 1. The third-order valence-corrected chi connectivity index (χ3v) is 1.45. The molecule has 0 N–H and O–H groups in total. The minimum Gasteiger partial charge on any atom is -0.657 e. The molecular weight excluding hydrogens is 226 g/mol. The fraction of sp³-hybridized carbons (Fsp3) is 0.429. The Labute approximate surface area is 131 Å². The summed E-state index contributed by atoms with van der Waals surface area (Å²) >= 11 is 1.15. The van der Waals surface area contributed by atoms with Crippen molar-refractivity contribution < 1.29 is 78.6 Å². The molecule has 0 aliphatic heterocycles. The van der Waals surface area contributed by atoms with Crippen LogP contribution in [0.15, 0.2) is 4.91 Å². The van der Waals surface area contributed by atoms with Crippen LogP contribution in [-0.2, 0) is 14.4 Å². The molecule has 0 fully saturated rings. The Bertz CT molecular complexity index is 200. The molecule has 0 aliphatic carbocycles. The van der Waals surface area contributed by atoms with Gasteiger partial charge in [-0.1, -0.05) is 12.9 Å². The van der Waals surface area contributed by atoms with E-state index in [0.29, 0.717) is 6.42 Å². The van der Waals surface area contributed by atoms with Crippen molar-refractivity contribution in [1.82, 2.24) is 0 Å². The maximum atomic E-state index is 10.1. The van der Waals surface area contributed by atoms with E-state index in [-0.39, 0.29) is 70.2 Å². The first kappa shape index (κ1) is 24.3. The van der Waals surface area contributed by atoms with Gasteiger partial charge >= 0.3 is 65.3 Å². The fourth-order valence-corrected chi connectivity index (χ4v) is 0.844. The molecule has 0 amide bonds. The zero-order chi connectivity index (χ0) is 9.98. The number of hydrogen-bond donors (Lipinski definition) is 0. The molecule has 68 valence electrons. The van der Waals surface area contributed by atoms with Crippen LogP contribution in [-0.4, -0.2) is 18.4 Å². The van der Waals surface area contributed by atoms with Gasteiger partial charge in [0.25, 0.3) is 0 Å². The number of rotatable bonds is 3. The smallest absolute Gasteiger partial charge is 0.657 e. The van der Waals surface area contributed by atoms with E-state index in [9.17, 15) is 9.90 Å². The molecule has 4 nitrogen and oxygen atoms in total. The van der Waals surface area contributed by atoms with Crippen molar-refractivity contribution in [3.63, 3.8) is 0 Å². The van der Waals surface area contributed by atoms with Gasteiger partial charge in [-0.2, -0.15) is 21.4 Å². The molecule has 7 heteroatoms. The molecule has 0 saturated heterocycles. The normalized spacial score (nSPS) is 8.00. The summed E-state index contributed by atoms with van der Waals surface area (Å²) in [5, 5.41) is 10.1. The van der Waals surface area contributed by atoms with Gasteiger partial charge in [0.15, 0.2) is 0 Å². The Morgan fingerprint density at radius 1 is 1.43 bits per heavy atom. The van der Waals surface area contributed by atoms with Crippen LogP contribution in [0.2, 0.25) is 0 Å². The molecule has 0 aromatic carbocycles. The standard InChI is InChI=1S/C6H9O2S.CO2.2Na/c1-3-4-5(9-2)6(7)8;2-1-3;;/h3H2,1-2H3,(H,7,8);;;/q-1;;2*+1/p-1. The van der Waals surface area contributed by atoms with E-state index in [2.05, 4.69) is 6.08 Å². The summed E-state index contributed by atoms with van der Waals surface area (Å²) in [6, 6.07) is 0. The van der Waals surface area contributed by atoms with Crippen LogP contribution < -0.4 is 64.2 Å². The minimum atomic E-state index is -1.13. The Balaban J connectivity index is -0.0000000891. The van der Waals surface area contributed by atoms with E-state index in [1.807, 2.05) is 6.92 Å². The summed E-state index contributed by atoms with van der Waals surface area (Å²) in [4.78, 5) is 26.5. The maximum absolute atomic E-state index is 10.1. The molecule has 0 rings (SSSR count). The van der Waals surface area contributed by atoms with Crippen molar-refractivity contribution in [3.8, 4) is 0 Å². The van der Waals surface area contributed by atoms with Crippen molar-refractivity contribution >= 4 is 23.9 Å². The molecule has 0 aromatic rings. The maximum Gasteiger partial charge on any atom is 1.00 e. The van der Waals surface area contributed by atoms with Gasteiger partial charge in [-0.15, -0.1) is 11.3 Å². The number of carboxylic acids is 1. The minimum absolute atomic E-state index is 0. The number of thioether (sulfide) groups is 1. The number of carboxylic acid groups (broad SMARTS) is 1. The van der Waals surface area contributed by atoms with Gasteiger partial charge in [0, 0.05) is 0 Å². The first-order valence-corrected chi connectivity index (χ1v) is 4.21. The van der Waals surface area contributed by atoms with Gasteiger partial charge in [0.2, 0.25) is 0 Å². The van der Waals surface area contributed by atoms with Crippen molar-refractivity contribution in [1.29, 1.82) is 0 Å². The van der Waals surface area contributed by atoms with E-state index < -0.39 is 5.97 Å². The van der Waals surface area contributed by atoms with Crippen LogP contribution in [0.3, 0.4) is 0 Å². The number of hydrogen-bond acceptors (Lipinski definition) is 5. The van der Waals surface area contributed by atoms with E-state index in [1.165, 1.54) is 0 Å². The molecule has 0 aliphatic rings. The summed E-state index contributed by atoms with van der Waals surface area (Å²) in [6.07, 6.45) is 5.20. The molecule has 0 bridgehead atoms. The zero-order valence-corrected chi connectivity index (χ0v) is 13.6. The average Bonchev–Trinajstić information content (AvgIpc) is 2.01. The van der Waals surface area contributed by atoms with Crippen molar-refractivity contribution in [3.05, 3.63) is 11.0 Å². The van der Waals surface area contributed by atoms with Crippen LogP contribution in [0.4, 0.5) is 0 Å². The van der Waals surface area contributed by atoms with E-state index in [1.54, 1.807) is 6.26 Å². The topological polar surface area (TPSA) is 74.3 Å². The first-order valence-electron chi connectivity index (χ1n) is 2.99. The number of allylic oxidation sites excluding steroid dienone is 1. The summed E-state index contributed by atoms with van der Waals surface area (Å²) in [6.45, 7) is 1.83. The third-order valence-electron chi connectivity index (χ3n) is 0.727. The summed E-state index contributed by atoms with van der Waals surface area (Å²) in [5.74, 6) is -1.13. The fourth-order valence-electron chi connectivity index (χ4n) is 0.388. The molecule has 0 unspecified atom stereocenters. The monoisotopic (exact) mass is 234 g/mol. The average molecular weight is 234 g/mol. The van der Waals surface area contributed by atoms with Crippen molar-refractivity contribution in [2.75, 3.05) is 6.26 Å². The zero-order valence-electron chi connectivity index (χ0n) is 8.75. The van der Waals surface area contributed by atoms with Crippen LogP contribution in [0.5, 0.6) is 0 Å². The largest absolute Gasteiger partial charge is 1.00 e. The van der Waals surface area contributed by atoms with Gasteiger partial charge < -0.3 is 9.90 Å². The third kappa shape index (κ3) is 18.7. The van der Waals surface area contributed by atoms with E-state index in [0.717, 1.165) is 11.8 Å². The van der Waals surface area contributed by atoms with Crippen LogP contribution >= 0.6 is 11.8 Å². The van der Waals surface area contributed by atoms with Crippen molar-refractivity contribution in [2.45, 2.75) is 13.3 Å². The molecule has 0 atom stereocenters. The van der Waals surface area contributed by atoms with Gasteiger partial charge in [-0.3, -0.25) is 6.08 Å². The molecule has 14 heavy (non-hydrogen) atoms. The SMILES string of the molecule is CC[C-]=C(SC)C(=O)[O-].O=C=O.[Na+].[Na+]. The molecule has 0 heterocycles. The van der Waals surface area contributed by atoms with Crippen LogP contribution in [0.25, 0.3) is 0 Å². The van der Waals surface area contributed by atoms with Gasteiger partial charge in [-0.25, -0.2) is 0 Å². The molecule has 0 saturated carbocycles. The summed E-state index contributed by atoms with van der Waals surface area (Å²) in [7, 11) is 0. The molecule has 0 aromatic heterocycles.